The summed E-state index contributed by atoms with van der Waals surface area (Å²) in [5.41, 5.74) is 5.00. The molecule has 2 heterocycles. The fourth-order valence-electron chi connectivity index (χ4n) is 2.27. The molecule has 0 aliphatic heterocycles. The van der Waals surface area contributed by atoms with Crippen LogP contribution in [0, 0.1) is 20.8 Å². The highest BCUT2D eigenvalue weighted by Crippen LogP contribution is 2.31. The van der Waals surface area contributed by atoms with Crippen molar-refractivity contribution < 1.29 is 4.79 Å². The van der Waals surface area contributed by atoms with Gasteiger partial charge in [0, 0.05) is 22.8 Å². The number of aromatic nitrogens is 2. The topological polar surface area (TPSA) is 54.9 Å². The van der Waals surface area contributed by atoms with Crippen LogP contribution in [-0.4, -0.2) is 15.9 Å². The van der Waals surface area contributed by atoms with Crippen molar-refractivity contribution in [2.75, 3.05) is 5.32 Å². The molecule has 0 unspecified atom stereocenters. The van der Waals surface area contributed by atoms with Gasteiger partial charge in [-0.25, -0.2) is 4.98 Å². The first-order valence-corrected chi connectivity index (χ1v) is 8.12. The number of amides is 1. The number of carbonyl (C=O) groups is 1. The Bertz CT molecular complexity index is 856. The van der Waals surface area contributed by atoms with Crippen LogP contribution < -0.4 is 5.32 Å². The van der Waals surface area contributed by atoms with E-state index >= 15 is 0 Å². The number of hydrogen-bond acceptors (Lipinski definition) is 4. The molecule has 0 aliphatic carbocycles. The number of thiazole rings is 1. The van der Waals surface area contributed by atoms with E-state index in [0.717, 1.165) is 16.1 Å². The van der Waals surface area contributed by atoms with Crippen LogP contribution in [0.25, 0.3) is 11.3 Å². The summed E-state index contributed by atoms with van der Waals surface area (Å²) in [4.78, 5) is 21.8. The van der Waals surface area contributed by atoms with Gasteiger partial charge < -0.3 is 0 Å². The Labute approximate surface area is 139 Å². The molecule has 116 valence electrons. The van der Waals surface area contributed by atoms with Crippen LogP contribution in [0.1, 0.15) is 26.4 Å². The van der Waals surface area contributed by atoms with Crippen molar-refractivity contribution in [1.29, 1.82) is 0 Å². The molecule has 0 fully saturated rings. The van der Waals surface area contributed by atoms with Gasteiger partial charge in [0.15, 0.2) is 5.13 Å². The Hall–Kier alpha value is -2.53. The molecule has 1 N–H and O–H groups in total. The summed E-state index contributed by atoms with van der Waals surface area (Å²) in [6.45, 7) is 6.19. The zero-order chi connectivity index (χ0) is 16.4. The molecule has 3 aromatic rings. The van der Waals surface area contributed by atoms with E-state index in [1.807, 2.05) is 6.92 Å². The molecule has 0 atom stereocenters. The lowest BCUT2D eigenvalue weighted by Gasteiger charge is -2.03. The predicted molar refractivity (Wildman–Crippen MR) is 94.0 cm³/mol. The molecule has 1 amide bonds. The maximum absolute atomic E-state index is 12.2. The van der Waals surface area contributed by atoms with Crippen LogP contribution in [0.15, 0.2) is 42.7 Å². The van der Waals surface area contributed by atoms with Crippen molar-refractivity contribution in [3.05, 3.63) is 64.3 Å². The molecule has 2 aromatic heterocycles. The number of hydrogen-bond donors (Lipinski definition) is 1. The van der Waals surface area contributed by atoms with E-state index in [0.29, 0.717) is 10.7 Å². The van der Waals surface area contributed by atoms with Crippen molar-refractivity contribution in [1.82, 2.24) is 9.97 Å². The minimum Gasteiger partial charge on any atom is -0.298 e. The summed E-state index contributed by atoms with van der Waals surface area (Å²) in [7, 11) is 0. The van der Waals surface area contributed by atoms with E-state index in [1.54, 1.807) is 24.5 Å². The third kappa shape index (κ3) is 3.29. The Balaban J connectivity index is 1.86. The number of carbonyl (C=O) groups excluding carboxylic acids is 1. The number of nitrogens with one attached hydrogen (secondary N) is 1. The second-order valence-electron chi connectivity index (χ2n) is 5.42. The first-order valence-electron chi connectivity index (χ1n) is 7.31. The monoisotopic (exact) mass is 323 g/mol. The highest BCUT2D eigenvalue weighted by atomic mass is 32.1. The molecule has 3 rings (SSSR count). The van der Waals surface area contributed by atoms with Crippen LogP contribution in [-0.2, 0) is 0 Å². The van der Waals surface area contributed by atoms with Gasteiger partial charge in [0.2, 0.25) is 0 Å². The standard InChI is InChI=1S/C18H17N3OS/c1-11-6-7-14(9-12(11)2)16-13(3)23-18(20-16)21-17(22)15-5-4-8-19-10-15/h4-10H,1-3H3,(H,20,21,22). The van der Waals surface area contributed by atoms with Crippen LogP contribution in [0.4, 0.5) is 5.13 Å². The molecule has 0 saturated heterocycles. The number of aryl methyl sites for hydroxylation is 3. The molecule has 0 spiro atoms. The number of anilines is 1. The first-order chi connectivity index (χ1) is 11.0. The van der Waals surface area contributed by atoms with Crippen molar-refractivity contribution >= 4 is 22.4 Å². The van der Waals surface area contributed by atoms with Crippen molar-refractivity contribution in [2.45, 2.75) is 20.8 Å². The first kappa shape index (κ1) is 15.4. The molecule has 5 heteroatoms. The Morgan fingerprint density at radius 2 is 1.96 bits per heavy atom. The van der Waals surface area contributed by atoms with Gasteiger partial charge in [-0.3, -0.25) is 15.1 Å². The average Bonchev–Trinajstić information content (AvgIpc) is 2.91. The third-order valence-corrected chi connectivity index (χ3v) is 4.61. The van der Waals surface area contributed by atoms with E-state index in [9.17, 15) is 4.79 Å². The Morgan fingerprint density at radius 1 is 1.13 bits per heavy atom. The van der Waals surface area contributed by atoms with Gasteiger partial charge in [0.25, 0.3) is 5.91 Å². The molecular formula is C18H17N3OS. The van der Waals surface area contributed by atoms with E-state index < -0.39 is 0 Å². The number of benzene rings is 1. The van der Waals surface area contributed by atoms with Gasteiger partial charge in [0.1, 0.15) is 0 Å². The maximum Gasteiger partial charge on any atom is 0.259 e. The molecule has 0 aliphatic rings. The maximum atomic E-state index is 12.2. The van der Waals surface area contributed by atoms with Gasteiger partial charge >= 0.3 is 0 Å². The summed E-state index contributed by atoms with van der Waals surface area (Å²) in [6.07, 6.45) is 3.18. The third-order valence-electron chi connectivity index (χ3n) is 3.72. The average molecular weight is 323 g/mol. The minimum absolute atomic E-state index is 0.196. The molecule has 23 heavy (non-hydrogen) atoms. The second kappa shape index (κ2) is 6.30. The normalized spacial score (nSPS) is 10.6. The Morgan fingerprint density at radius 3 is 2.65 bits per heavy atom. The zero-order valence-electron chi connectivity index (χ0n) is 13.3. The lowest BCUT2D eigenvalue weighted by molar-refractivity contribution is 0.102. The summed E-state index contributed by atoms with van der Waals surface area (Å²) >= 11 is 1.48. The van der Waals surface area contributed by atoms with E-state index in [4.69, 9.17) is 0 Å². The van der Waals surface area contributed by atoms with E-state index in [2.05, 4.69) is 47.3 Å². The molecule has 4 nitrogen and oxygen atoms in total. The Kier molecular flexibility index (Phi) is 4.21. The van der Waals surface area contributed by atoms with Crippen LogP contribution in [0.5, 0.6) is 0 Å². The number of rotatable bonds is 3. The second-order valence-corrected chi connectivity index (χ2v) is 6.62. The van der Waals surface area contributed by atoms with Gasteiger partial charge in [-0.15, -0.1) is 11.3 Å². The SMILES string of the molecule is Cc1ccc(-c2nc(NC(=O)c3cccnc3)sc2C)cc1C. The summed E-state index contributed by atoms with van der Waals surface area (Å²) in [6, 6.07) is 9.76. The van der Waals surface area contributed by atoms with Crippen molar-refractivity contribution in [2.24, 2.45) is 0 Å². The van der Waals surface area contributed by atoms with Gasteiger partial charge in [-0.2, -0.15) is 0 Å². The zero-order valence-corrected chi connectivity index (χ0v) is 14.1. The summed E-state index contributed by atoms with van der Waals surface area (Å²) in [5, 5.41) is 3.45. The van der Waals surface area contributed by atoms with Crippen molar-refractivity contribution in [3.63, 3.8) is 0 Å². The summed E-state index contributed by atoms with van der Waals surface area (Å²) < 4.78 is 0. The number of pyridine rings is 1. The fraction of sp³-hybridized carbons (Fsp3) is 0.167. The minimum atomic E-state index is -0.196. The highest BCUT2D eigenvalue weighted by molar-refractivity contribution is 7.16. The van der Waals surface area contributed by atoms with Crippen molar-refractivity contribution in [3.8, 4) is 11.3 Å². The molecule has 0 saturated carbocycles. The van der Waals surface area contributed by atoms with Crippen LogP contribution >= 0.6 is 11.3 Å². The smallest absolute Gasteiger partial charge is 0.259 e. The fourth-order valence-corrected chi connectivity index (χ4v) is 3.10. The number of nitrogens with zero attached hydrogens (tertiary/aromatic N) is 2. The highest BCUT2D eigenvalue weighted by Gasteiger charge is 2.13. The molecule has 1 aromatic carbocycles. The molecule has 0 bridgehead atoms. The largest absolute Gasteiger partial charge is 0.298 e. The van der Waals surface area contributed by atoms with Gasteiger partial charge in [0.05, 0.1) is 11.3 Å². The van der Waals surface area contributed by atoms with Crippen LogP contribution in [0.2, 0.25) is 0 Å². The van der Waals surface area contributed by atoms with E-state index in [1.165, 1.54) is 22.5 Å². The lowest BCUT2D eigenvalue weighted by atomic mass is 10.0. The van der Waals surface area contributed by atoms with Gasteiger partial charge in [-0.1, -0.05) is 12.1 Å². The van der Waals surface area contributed by atoms with Gasteiger partial charge in [-0.05, 0) is 50.1 Å². The van der Waals surface area contributed by atoms with E-state index in [-0.39, 0.29) is 5.91 Å². The van der Waals surface area contributed by atoms with Crippen LogP contribution in [0.3, 0.4) is 0 Å². The quantitative estimate of drug-likeness (QED) is 0.778. The predicted octanol–water partition coefficient (Wildman–Crippen LogP) is 4.38. The summed E-state index contributed by atoms with van der Waals surface area (Å²) in [5.74, 6) is -0.196. The molecular weight excluding hydrogens is 306 g/mol. The molecule has 0 radical (unpaired) electrons. The lowest BCUT2D eigenvalue weighted by Crippen LogP contribution is -2.11.